The van der Waals surface area contributed by atoms with Crippen molar-refractivity contribution in [3.63, 3.8) is 0 Å². The van der Waals surface area contributed by atoms with Gasteiger partial charge in [-0.1, -0.05) is 60.7 Å². The zero-order valence-electron chi connectivity index (χ0n) is 15.9. The summed E-state index contributed by atoms with van der Waals surface area (Å²) in [4.78, 5) is 35.2. The third kappa shape index (κ3) is 4.99. The molecule has 1 amide bonds. The van der Waals surface area contributed by atoms with Gasteiger partial charge in [-0.2, -0.15) is 0 Å². The number of amides is 1. The lowest BCUT2D eigenvalue weighted by Crippen LogP contribution is -2.26. The monoisotopic (exact) mass is 405 g/mol. The summed E-state index contributed by atoms with van der Waals surface area (Å²) in [7, 11) is 0. The molecular weight excluding hydrogens is 386 g/mol. The molecule has 8 nitrogen and oxygen atoms in total. The highest BCUT2D eigenvalue weighted by atomic mass is 16.6. The molecule has 3 rings (SSSR count). The molecule has 0 aliphatic heterocycles. The molecular formula is C22H19N3O5. The maximum atomic E-state index is 12.5. The summed E-state index contributed by atoms with van der Waals surface area (Å²) in [6.07, 6.45) is -1.30. The summed E-state index contributed by atoms with van der Waals surface area (Å²) >= 11 is 0. The molecule has 0 bridgehead atoms. The number of anilines is 1. The minimum Gasteiger partial charge on any atom is -0.444 e. The van der Waals surface area contributed by atoms with E-state index in [2.05, 4.69) is 5.32 Å². The average molecular weight is 405 g/mol. The number of primary amides is 1. The van der Waals surface area contributed by atoms with Crippen LogP contribution in [0.1, 0.15) is 27.6 Å². The molecule has 1 atom stereocenters. The van der Waals surface area contributed by atoms with Crippen molar-refractivity contribution in [1.29, 1.82) is 0 Å². The molecule has 3 N–H and O–H groups in total. The van der Waals surface area contributed by atoms with Crippen LogP contribution in [0.2, 0.25) is 0 Å². The van der Waals surface area contributed by atoms with Gasteiger partial charge in [-0.15, -0.1) is 0 Å². The second kappa shape index (κ2) is 9.33. The van der Waals surface area contributed by atoms with Gasteiger partial charge in [-0.25, -0.2) is 4.79 Å². The van der Waals surface area contributed by atoms with E-state index >= 15 is 0 Å². The van der Waals surface area contributed by atoms with Crippen LogP contribution in [0, 0.1) is 10.1 Å². The van der Waals surface area contributed by atoms with Gasteiger partial charge in [0.15, 0.2) is 0 Å². The number of nitrogens with one attached hydrogen (secondary N) is 1. The highest BCUT2D eigenvalue weighted by Gasteiger charge is 2.25. The quantitative estimate of drug-likeness (QED) is 0.335. The van der Waals surface area contributed by atoms with Crippen LogP contribution in [0.4, 0.5) is 11.4 Å². The fraction of sp³-hybridized carbons (Fsp3) is 0.0909. The number of nitro benzene ring substituents is 1. The molecule has 8 heteroatoms. The minimum absolute atomic E-state index is 0.0610. The molecule has 0 fully saturated rings. The first-order chi connectivity index (χ1) is 14.5. The summed E-state index contributed by atoms with van der Waals surface area (Å²) in [5, 5.41) is 14.5. The van der Waals surface area contributed by atoms with Gasteiger partial charge in [-0.05, 0) is 17.7 Å². The van der Waals surface area contributed by atoms with E-state index in [-0.39, 0.29) is 16.9 Å². The van der Waals surface area contributed by atoms with Crippen molar-refractivity contribution in [3.8, 4) is 0 Å². The molecule has 0 heterocycles. The molecule has 0 radical (unpaired) electrons. The highest BCUT2D eigenvalue weighted by molar-refractivity contribution is 5.93. The maximum Gasteiger partial charge on any atom is 0.339 e. The largest absolute Gasteiger partial charge is 0.444 e. The SMILES string of the molecule is NC(=O)C(OC(=O)c1ccc(NCc2ccccc2)c([N+](=O)[O-])c1)c1ccccc1. The van der Waals surface area contributed by atoms with Gasteiger partial charge >= 0.3 is 5.97 Å². The Kier molecular flexibility index (Phi) is 6.39. The van der Waals surface area contributed by atoms with E-state index in [4.69, 9.17) is 10.5 Å². The average Bonchev–Trinajstić information content (AvgIpc) is 2.76. The van der Waals surface area contributed by atoms with Crippen molar-refractivity contribution in [2.75, 3.05) is 5.32 Å². The Balaban J connectivity index is 1.80. The number of carbonyl (C=O) groups excluding carboxylic acids is 2. The normalized spacial score (nSPS) is 11.3. The van der Waals surface area contributed by atoms with Gasteiger partial charge < -0.3 is 15.8 Å². The van der Waals surface area contributed by atoms with Crippen LogP contribution in [0.3, 0.4) is 0 Å². The van der Waals surface area contributed by atoms with Crippen molar-refractivity contribution < 1.29 is 19.2 Å². The van der Waals surface area contributed by atoms with E-state index in [9.17, 15) is 19.7 Å². The van der Waals surface area contributed by atoms with E-state index < -0.39 is 22.9 Å². The fourth-order valence-corrected chi connectivity index (χ4v) is 2.85. The molecule has 3 aromatic carbocycles. The Bertz CT molecular complexity index is 1050. The molecule has 152 valence electrons. The van der Waals surface area contributed by atoms with Crippen molar-refractivity contribution in [2.24, 2.45) is 5.73 Å². The molecule has 0 saturated heterocycles. The third-order valence-corrected chi connectivity index (χ3v) is 4.34. The van der Waals surface area contributed by atoms with Crippen LogP contribution in [0.5, 0.6) is 0 Å². The molecule has 0 saturated carbocycles. The number of hydrogen-bond acceptors (Lipinski definition) is 6. The van der Waals surface area contributed by atoms with Gasteiger partial charge in [0.1, 0.15) is 5.69 Å². The molecule has 1 unspecified atom stereocenters. The number of rotatable bonds is 8. The number of ether oxygens (including phenoxy) is 1. The van der Waals surface area contributed by atoms with E-state index in [0.717, 1.165) is 11.6 Å². The Labute approximate surface area is 172 Å². The van der Waals surface area contributed by atoms with Crippen LogP contribution >= 0.6 is 0 Å². The second-order valence-corrected chi connectivity index (χ2v) is 6.43. The Hall–Kier alpha value is -4.20. The Morgan fingerprint density at radius 2 is 1.63 bits per heavy atom. The molecule has 0 aliphatic carbocycles. The number of nitrogens with two attached hydrogens (primary N) is 1. The van der Waals surface area contributed by atoms with Crippen molar-refractivity contribution >= 4 is 23.3 Å². The number of nitro groups is 1. The zero-order chi connectivity index (χ0) is 21.5. The summed E-state index contributed by atoms with van der Waals surface area (Å²) in [6, 6.07) is 21.6. The molecule has 0 spiro atoms. The van der Waals surface area contributed by atoms with Crippen molar-refractivity contribution in [1.82, 2.24) is 0 Å². The lowest BCUT2D eigenvalue weighted by Gasteiger charge is -2.15. The molecule has 3 aromatic rings. The Morgan fingerprint density at radius 1 is 1.00 bits per heavy atom. The van der Waals surface area contributed by atoms with Crippen molar-refractivity contribution in [3.05, 3.63) is 106 Å². The molecule has 0 aromatic heterocycles. The Morgan fingerprint density at radius 3 is 2.23 bits per heavy atom. The van der Waals surface area contributed by atoms with E-state index in [0.29, 0.717) is 12.1 Å². The number of hydrogen-bond donors (Lipinski definition) is 2. The van der Waals surface area contributed by atoms with Crippen LogP contribution in [-0.2, 0) is 16.1 Å². The number of benzene rings is 3. The number of esters is 1. The second-order valence-electron chi connectivity index (χ2n) is 6.43. The first kappa shape index (κ1) is 20.5. The predicted octanol–water partition coefficient (Wildman–Crippen LogP) is 3.59. The highest BCUT2D eigenvalue weighted by Crippen LogP contribution is 2.27. The van der Waals surface area contributed by atoms with E-state index in [1.165, 1.54) is 12.1 Å². The summed E-state index contributed by atoms with van der Waals surface area (Å²) in [5.41, 5.74) is 6.63. The number of nitrogens with zero attached hydrogens (tertiary/aromatic N) is 1. The van der Waals surface area contributed by atoms with Gasteiger partial charge in [-0.3, -0.25) is 14.9 Å². The van der Waals surface area contributed by atoms with Crippen LogP contribution in [0.25, 0.3) is 0 Å². The van der Waals surface area contributed by atoms with Gasteiger partial charge in [0, 0.05) is 18.2 Å². The maximum absolute atomic E-state index is 12.5. The third-order valence-electron chi connectivity index (χ3n) is 4.34. The van der Waals surface area contributed by atoms with E-state index in [1.807, 2.05) is 30.3 Å². The summed E-state index contributed by atoms with van der Waals surface area (Å²) in [6.45, 7) is 0.378. The topological polar surface area (TPSA) is 125 Å². The first-order valence-corrected chi connectivity index (χ1v) is 9.07. The predicted molar refractivity (Wildman–Crippen MR) is 111 cm³/mol. The molecule has 0 aliphatic rings. The van der Waals surface area contributed by atoms with E-state index in [1.54, 1.807) is 30.3 Å². The van der Waals surface area contributed by atoms with Crippen molar-refractivity contribution in [2.45, 2.75) is 12.6 Å². The number of carbonyl (C=O) groups is 2. The summed E-state index contributed by atoms with van der Waals surface area (Å²) in [5.74, 6) is -1.73. The summed E-state index contributed by atoms with van der Waals surface area (Å²) < 4.78 is 5.23. The zero-order valence-corrected chi connectivity index (χ0v) is 15.9. The standard InChI is InChI=1S/C22H19N3O5/c23-21(26)20(16-9-5-2-6-10-16)30-22(27)17-11-12-18(19(13-17)25(28)29)24-14-15-7-3-1-4-8-15/h1-13,20,24H,14H2,(H2,23,26). The van der Waals surface area contributed by atoms with Gasteiger partial charge in [0.2, 0.25) is 6.10 Å². The van der Waals surface area contributed by atoms with Gasteiger partial charge in [0.25, 0.3) is 11.6 Å². The smallest absolute Gasteiger partial charge is 0.339 e. The van der Waals surface area contributed by atoms with Crippen LogP contribution in [-0.4, -0.2) is 16.8 Å². The molecule has 30 heavy (non-hydrogen) atoms. The first-order valence-electron chi connectivity index (χ1n) is 9.07. The minimum atomic E-state index is -1.30. The van der Waals surface area contributed by atoms with Crippen LogP contribution < -0.4 is 11.1 Å². The van der Waals surface area contributed by atoms with Gasteiger partial charge in [0.05, 0.1) is 10.5 Å². The fourth-order valence-electron chi connectivity index (χ4n) is 2.85. The lowest BCUT2D eigenvalue weighted by atomic mass is 10.1. The van der Waals surface area contributed by atoms with Crippen LogP contribution in [0.15, 0.2) is 78.9 Å². The lowest BCUT2D eigenvalue weighted by molar-refractivity contribution is -0.384.